The summed E-state index contributed by atoms with van der Waals surface area (Å²) in [6, 6.07) is 7.49. The lowest BCUT2D eigenvalue weighted by Gasteiger charge is -2.23. The third kappa shape index (κ3) is 3.71. The highest BCUT2D eigenvalue weighted by Crippen LogP contribution is 2.24. The maximum absolute atomic E-state index is 13.0. The molecule has 0 radical (unpaired) electrons. The molecule has 1 saturated carbocycles. The van der Waals surface area contributed by atoms with Crippen molar-refractivity contribution < 1.29 is 4.79 Å². The summed E-state index contributed by atoms with van der Waals surface area (Å²) >= 11 is 0. The number of para-hydroxylation sites is 1. The van der Waals surface area contributed by atoms with Gasteiger partial charge in [0, 0.05) is 12.1 Å². The van der Waals surface area contributed by atoms with E-state index in [9.17, 15) is 4.79 Å². The van der Waals surface area contributed by atoms with Gasteiger partial charge in [-0.3, -0.25) is 9.78 Å². The molecule has 2 atom stereocenters. The standard InChI is InChI=1S/C20H23N7O/c1-13-12-21-19(14(2)24-13)25-16-7-5-8-17(16)26-20(28)15-6-3-4-9-18(15)27-22-10-11-23-27/h3-4,6,9-12,16-17H,5,7-8H2,1-2H3,(H,21,25)(H,26,28)/t16-,17-/m0/s1. The van der Waals surface area contributed by atoms with Crippen molar-refractivity contribution in [2.24, 2.45) is 0 Å². The Bertz CT molecular complexity index is 970. The maximum atomic E-state index is 13.0. The van der Waals surface area contributed by atoms with Crippen LogP contribution in [-0.4, -0.2) is 43.0 Å². The Morgan fingerprint density at radius 2 is 1.86 bits per heavy atom. The number of carbonyl (C=O) groups is 1. The fraction of sp³-hybridized carbons (Fsp3) is 0.350. The summed E-state index contributed by atoms with van der Waals surface area (Å²) in [4.78, 5) is 23.4. The SMILES string of the molecule is Cc1cnc(N[C@H]2CCC[C@@H]2NC(=O)c2ccccc2-n2nccn2)c(C)n1. The molecule has 28 heavy (non-hydrogen) atoms. The Morgan fingerprint density at radius 1 is 1.11 bits per heavy atom. The van der Waals surface area contributed by atoms with Crippen LogP contribution in [0.5, 0.6) is 0 Å². The fourth-order valence-corrected chi connectivity index (χ4v) is 3.65. The Kier molecular flexibility index (Phi) is 5.01. The van der Waals surface area contributed by atoms with Crippen LogP contribution >= 0.6 is 0 Å². The van der Waals surface area contributed by atoms with E-state index in [1.807, 2.05) is 32.0 Å². The van der Waals surface area contributed by atoms with E-state index in [1.165, 1.54) is 4.80 Å². The fourth-order valence-electron chi connectivity index (χ4n) is 3.65. The van der Waals surface area contributed by atoms with Crippen molar-refractivity contribution >= 4 is 11.7 Å². The van der Waals surface area contributed by atoms with Gasteiger partial charge in [0.2, 0.25) is 0 Å². The molecule has 8 heteroatoms. The molecule has 1 fully saturated rings. The van der Waals surface area contributed by atoms with Gasteiger partial charge in [0.1, 0.15) is 5.82 Å². The zero-order chi connectivity index (χ0) is 19.5. The third-order valence-corrected chi connectivity index (χ3v) is 5.00. The molecule has 0 unspecified atom stereocenters. The van der Waals surface area contributed by atoms with Crippen molar-refractivity contribution in [3.05, 3.63) is 59.8 Å². The van der Waals surface area contributed by atoms with Gasteiger partial charge in [-0.2, -0.15) is 15.0 Å². The molecule has 1 amide bonds. The Hall–Kier alpha value is -3.29. The lowest BCUT2D eigenvalue weighted by Crippen LogP contribution is -2.43. The van der Waals surface area contributed by atoms with E-state index in [0.29, 0.717) is 11.3 Å². The average Bonchev–Trinajstić information content (AvgIpc) is 3.36. The third-order valence-electron chi connectivity index (χ3n) is 5.00. The average molecular weight is 377 g/mol. The highest BCUT2D eigenvalue weighted by molar-refractivity contribution is 5.97. The Balaban J connectivity index is 1.50. The van der Waals surface area contributed by atoms with Crippen LogP contribution in [0.25, 0.3) is 5.69 Å². The predicted octanol–water partition coefficient (Wildman–Crippen LogP) is 2.44. The van der Waals surface area contributed by atoms with Gasteiger partial charge in [0.05, 0.1) is 41.2 Å². The van der Waals surface area contributed by atoms with Crippen LogP contribution in [0.3, 0.4) is 0 Å². The van der Waals surface area contributed by atoms with E-state index in [-0.39, 0.29) is 18.0 Å². The number of amides is 1. The van der Waals surface area contributed by atoms with Crippen molar-refractivity contribution in [1.29, 1.82) is 0 Å². The van der Waals surface area contributed by atoms with Gasteiger partial charge in [-0.1, -0.05) is 12.1 Å². The van der Waals surface area contributed by atoms with Crippen LogP contribution in [0.15, 0.2) is 42.9 Å². The number of hydrogen-bond acceptors (Lipinski definition) is 6. The van der Waals surface area contributed by atoms with Crippen molar-refractivity contribution in [3.8, 4) is 5.69 Å². The van der Waals surface area contributed by atoms with Gasteiger partial charge in [-0.05, 0) is 45.2 Å². The highest BCUT2D eigenvalue weighted by atomic mass is 16.1. The van der Waals surface area contributed by atoms with E-state index < -0.39 is 0 Å². The highest BCUT2D eigenvalue weighted by Gasteiger charge is 2.30. The normalized spacial score (nSPS) is 18.8. The first-order valence-electron chi connectivity index (χ1n) is 9.45. The van der Waals surface area contributed by atoms with Gasteiger partial charge in [-0.15, -0.1) is 0 Å². The van der Waals surface area contributed by atoms with Crippen molar-refractivity contribution in [2.45, 2.75) is 45.2 Å². The molecule has 3 aromatic rings. The maximum Gasteiger partial charge on any atom is 0.253 e. The van der Waals surface area contributed by atoms with Crippen molar-refractivity contribution in [3.63, 3.8) is 0 Å². The summed E-state index contributed by atoms with van der Waals surface area (Å²) in [5.41, 5.74) is 2.97. The van der Waals surface area contributed by atoms with Crippen LogP contribution in [0.1, 0.15) is 41.0 Å². The Labute approximate surface area is 163 Å². The summed E-state index contributed by atoms with van der Waals surface area (Å²) < 4.78 is 0. The lowest BCUT2D eigenvalue weighted by molar-refractivity contribution is 0.0935. The zero-order valence-corrected chi connectivity index (χ0v) is 16.0. The summed E-state index contributed by atoms with van der Waals surface area (Å²) in [6.07, 6.45) is 7.88. The van der Waals surface area contributed by atoms with E-state index in [4.69, 9.17) is 0 Å². The van der Waals surface area contributed by atoms with Crippen molar-refractivity contribution in [1.82, 2.24) is 30.3 Å². The van der Waals surface area contributed by atoms with E-state index in [0.717, 1.165) is 36.5 Å². The van der Waals surface area contributed by atoms with Crippen LogP contribution in [0.2, 0.25) is 0 Å². The quantitative estimate of drug-likeness (QED) is 0.709. The molecule has 1 aliphatic carbocycles. The second-order valence-electron chi connectivity index (χ2n) is 7.04. The zero-order valence-electron chi connectivity index (χ0n) is 16.0. The molecule has 8 nitrogen and oxygen atoms in total. The molecule has 0 aliphatic heterocycles. The summed E-state index contributed by atoms with van der Waals surface area (Å²) in [7, 11) is 0. The number of anilines is 1. The molecule has 0 bridgehead atoms. The number of aromatic nitrogens is 5. The molecule has 1 aromatic carbocycles. The molecule has 144 valence electrons. The molecule has 2 aromatic heterocycles. The first-order chi connectivity index (χ1) is 13.6. The first kappa shape index (κ1) is 18.1. The minimum Gasteiger partial charge on any atom is -0.364 e. The van der Waals surface area contributed by atoms with Crippen LogP contribution in [0, 0.1) is 13.8 Å². The topological polar surface area (TPSA) is 97.6 Å². The number of benzene rings is 1. The van der Waals surface area contributed by atoms with Gasteiger partial charge in [-0.25, -0.2) is 4.98 Å². The number of nitrogens with one attached hydrogen (secondary N) is 2. The molecular formula is C20H23N7O. The van der Waals surface area contributed by atoms with E-state index >= 15 is 0 Å². The minimum absolute atomic E-state index is 0.0219. The number of aryl methyl sites for hydroxylation is 2. The summed E-state index contributed by atoms with van der Waals surface area (Å²) in [5, 5.41) is 14.9. The molecule has 0 spiro atoms. The lowest BCUT2D eigenvalue weighted by atomic mass is 10.1. The van der Waals surface area contributed by atoms with Crippen molar-refractivity contribution in [2.75, 3.05) is 5.32 Å². The van der Waals surface area contributed by atoms with Gasteiger partial charge >= 0.3 is 0 Å². The molecular weight excluding hydrogens is 354 g/mol. The molecule has 0 saturated heterocycles. The summed E-state index contributed by atoms with van der Waals surface area (Å²) in [5.74, 6) is 0.649. The number of rotatable bonds is 5. The van der Waals surface area contributed by atoms with Crippen LogP contribution in [-0.2, 0) is 0 Å². The number of hydrogen-bond donors (Lipinski definition) is 2. The van der Waals surface area contributed by atoms with E-state index in [2.05, 4.69) is 30.8 Å². The largest absolute Gasteiger partial charge is 0.364 e. The number of nitrogens with zero attached hydrogens (tertiary/aromatic N) is 5. The van der Waals surface area contributed by atoms with Crippen LogP contribution in [0.4, 0.5) is 5.82 Å². The van der Waals surface area contributed by atoms with Gasteiger partial charge < -0.3 is 10.6 Å². The summed E-state index contributed by atoms with van der Waals surface area (Å²) in [6.45, 7) is 3.87. The first-order valence-corrected chi connectivity index (χ1v) is 9.45. The molecule has 1 aliphatic rings. The minimum atomic E-state index is -0.127. The van der Waals surface area contributed by atoms with E-state index in [1.54, 1.807) is 24.7 Å². The van der Waals surface area contributed by atoms with Gasteiger partial charge in [0.25, 0.3) is 5.91 Å². The predicted molar refractivity (Wildman–Crippen MR) is 105 cm³/mol. The monoisotopic (exact) mass is 377 g/mol. The Morgan fingerprint density at radius 3 is 2.64 bits per heavy atom. The smallest absolute Gasteiger partial charge is 0.253 e. The van der Waals surface area contributed by atoms with Crippen LogP contribution < -0.4 is 10.6 Å². The second-order valence-corrected chi connectivity index (χ2v) is 7.04. The van der Waals surface area contributed by atoms with Gasteiger partial charge in [0.15, 0.2) is 0 Å². The molecule has 2 heterocycles. The molecule has 2 N–H and O–H groups in total. The second kappa shape index (κ2) is 7.75. The number of carbonyl (C=O) groups excluding carboxylic acids is 1. The molecule has 4 rings (SSSR count).